The molecule has 0 unspecified atom stereocenters. The largest absolute Gasteiger partial charge is 0.480 e. The van der Waals surface area contributed by atoms with Crippen molar-refractivity contribution in [3.63, 3.8) is 0 Å². The average molecular weight is 291 g/mol. The van der Waals surface area contributed by atoms with Crippen molar-refractivity contribution in [2.75, 3.05) is 7.11 Å². The van der Waals surface area contributed by atoms with Crippen LogP contribution in [0, 0.1) is 3.57 Å². The van der Waals surface area contributed by atoms with Crippen molar-refractivity contribution in [1.29, 1.82) is 0 Å². The summed E-state index contributed by atoms with van der Waals surface area (Å²) in [5.41, 5.74) is 1.30. The third-order valence-corrected chi connectivity index (χ3v) is 2.65. The molecule has 1 rings (SSSR count). The first-order valence-electron chi connectivity index (χ1n) is 4.46. The van der Waals surface area contributed by atoms with Gasteiger partial charge in [-0.25, -0.2) is 4.98 Å². The van der Waals surface area contributed by atoms with E-state index in [9.17, 15) is 0 Å². The summed E-state index contributed by atoms with van der Waals surface area (Å²) in [4.78, 5) is 4.22. The number of pyridine rings is 1. The van der Waals surface area contributed by atoms with E-state index in [1.165, 1.54) is 18.4 Å². The number of hydrogen-bond donors (Lipinski definition) is 0. The number of unbranched alkanes of at least 4 members (excludes halogenated alkanes) is 1. The normalized spacial score (nSPS) is 10.1. The number of hydrogen-bond acceptors (Lipinski definition) is 2. The predicted molar refractivity (Wildman–Crippen MR) is 62.1 cm³/mol. The fourth-order valence-corrected chi connectivity index (χ4v) is 1.89. The Kier molecular flexibility index (Phi) is 4.48. The molecule has 3 heteroatoms. The minimum Gasteiger partial charge on any atom is -0.480 e. The lowest BCUT2D eigenvalue weighted by Crippen LogP contribution is -1.94. The Bertz CT molecular complexity index is 276. The highest BCUT2D eigenvalue weighted by Crippen LogP contribution is 2.19. The van der Waals surface area contributed by atoms with Crippen LogP contribution in [0.25, 0.3) is 0 Å². The van der Waals surface area contributed by atoms with E-state index in [0.29, 0.717) is 0 Å². The first kappa shape index (κ1) is 10.8. The Morgan fingerprint density at radius 3 is 2.85 bits per heavy atom. The highest BCUT2D eigenvalue weighted by Gasteiger charge is 2.01. The quantitative estimate of drug-likeness (QED) is 0.795. The Labute approximate surface area is 92.9 Å². The topological polar surface area (TPSA) is 22.1 Å². The number of halogens is 1. The smallest absolute Gasteiger partial charge is 0.226 e. The lowest BCUT2D eigenvalue weighted by molar-refractivity contribution is 0.394. The molecule has 2 nitrogen and oxygen atoms in total. The zero-order chi connectivity index (χ0) is 9.68. The Morgan fingerprint density at radius 1 is 1.54 bits per heavy atom. The van der Waals surface area contributed by atoms with Crippen molar-refractivity contribution >= 4 is 22.6 Å². The minimum absolute atomic E-state index is 0.723. The molecule has 0 aromatic carbocycles. The van der Waals surface area contributed by atoms with Crippen molar-refractivity contribution in [2.24, 2.45) is 0 Å². The molecule has 0 radical (unpaired) electrons. The molecule has 72 valence electrons. The Hall–Kier alpha value is -0.320. The van der Waals surface area contributed by atoms with Crippen LogP contribution in [-0.2, 0) is 6.42 Å². The molecule has 13 heavy (non-hydrogen) atoms. The molecule has 0 aliphatic heterocycles. The van der Waals surface area contributed by atoms with Crippen molar-refractivity contribution in [3.8, 4) is 5.88 Å². The van der Waals surface area contributed by atoms with Crippen LogP contribution in [0.15, 0.2) is 12.3 Å². The standard InChI is InChI=1S/C10H14INO/c1-3-4-5-8-6-9(11)10(13-2)12-7-8/h6-7H,3-5H2,1-2H3. The van der Waals surface area contributed by atoms with Crippen LogP contribution in [0.4, 0.5) is 0 Å². The number of nitrogens with zero attached hydrogens (tertiary/aromatic N) is 1. The minimum atomic E-state index is 0.723. The summed E-state index contributed by atoms with van der Waals surface area (Å²) in [5.74, 6) is 0.723. The van der Waals surface area contributed by atoms with Crippen LogP contribution in [0.2, 0.25) is 0 Å². The van der Waals surface area contributed by atoms with Gasteiger partial charge >= 0.3 is 0 Å². The summed E-state index contributed by atoms with van der Waals surface area (Å²) in [6.07, 6.45) is 5.47. The van der Waals surface area contributed by atoms with E-state index in [4.69, 9.17) is 4.74 Å². The van der Waals surface area contributed by atoms with E-state index in [1.54, 1.807) is 7.11 Å². The molecule has 1 aromatic rings. The highest BCUT2D eigenvalue weighted by molar-refractivity contribution is 14.1. The summed E-state index contributed by atoms with van der Waals surface area (Å²) < 4.78 is 6.18. The summed E-state index contributed by atoms with van der Waals surface area (Å²) >= 11 is 2.25. The highest BCUT2D eigenvalue weighted by atomic mass is 127. The molecular formula is C10H14INO. The molecular weight excluding hydrogens is 277 g/mol. The first-order chi connectivity index (χ1) is 6.27. The van der Waals surface area contributed by atoms with Crippen molar-refractivity contribution in [3.05, 3.63) is 21.4 Å². The first-order valence-corrected chi connectivity index (χ1v) is 5.54. The van der Waals surface area contributed by atoms with Crippen LogP contribution < -0.4 is 4.74 Å². The van der Waals surface area contributed by atoms with Crippen LogP contribution in [-0.4, -0.2) is 12.1 Å². The van der Waals surface area contributed by atoms with E-state index in [0.717, 1.165) is 15.9 Å². The van der Waals surface area contributed by atoms with E-state index in [2.05, 4.69) is 40.6 Å². The van der Waals surface area contributed by atoms with Gasteiger partial charge < -0.3 is 4.74 Å². The molecule has 1 aromatic heterocycles. The van der Waals surface area contributed by atoms with Crippen molar-refractivity contribution in [1.82, 2.24) is 4.98 Å². The van der Waals surface area contributed by atoms with Gasteiger partial charge in [-0.2, -0.15) is 0 Å². The number of aryl methyl sites for hydroxylation is 1. The zero-order valence-corrected chi connectivity index (χ0v) is 10.2. The van der Waals surface area contributed by atoms with E-state index in [-0.39, 0.29) is 0 Å². The molecule has 0 saturated carbocycles. The lowest BCUT2D eigenvalue weighted by Gasteiger charge is -2.04. The molecule has 0 atom stereocenters. The molecule has 0 aliphatic carbocycles. The summed E-state index contributed by atoms with van der Waals surface area (Å²) in [5, 5.41) is 0. The molecule has 0 fully saturated rings. The fraction of sp³-hybridized carbons (Fsp3) is 0.500. The van der Waals surface area contributed by atoms with Gasteiger partial charge in [-0.1, -0.05) is 13.3 Å². The Balaban J connectivity index is 2.71. The third kappa shape index (κ3) is 3.14. The molecule has 1 heterocycles. The summed E-state index contributed by atoms with van der Waals surface area (Å²) in [6.45, 7) is 2.20. The van der Waals surface area contributed by atoms with Gasteiger partial charge in [-0.3, -0.25) is 0 Å². The van der Waals surface area contributed by atoms with Crippen molar-refractivity contribution < 1.29 is 4.74 Å². The second kappa shape index (κ2) is 5.42. The van der Waals surface area contributed by atoms with Gasteiger partial charge in [-0.05, 0) is 47.1 Å². The van der Waals surface area contributed by atoms with E-state index >= 15 is 0 Å². The van der Waals surface area contributed by atoms with Gasteiger partial charge in [0.15, 0.2) is 0 Å². The SMILES string of the molecule is CCCCc1cnc(OC)c(I)c1. The number of methoxy groups -OCH3 is 1. The number of rotatable bonds is 4. The molecule has 0 N–H and O–H groups in total. The summed E-state index contributed by atoms with van der Waals surface area (Å²) in [6, 6.07) is 2.14. The van der Waals surface area contributed by atoms with Gasteiger partial charge in [0.25, 0.3) is 0 Å². The number of ether oxygens (including phenoxy) is 1. The van der Waals surface area contributed by atoms with Crippen LogP contribution in [0.5, 0.6) is 5.88 Å². The second-order valence-corrected chi connectivity index (χ2v) is 4.10. The maximum absolute atomic E-state index is 5.09. The maximum Gasteiger partial charge on any atom is 0.226 e. The molecule has 0 spiro atoms. The van der Waals surface area contributed by atoms with Crippen molar-refractivity contribution in [2.45, 2.75) is 26.2 Å². The van der Waals surface area contributed by atoms with E-state index in [1.807, 2.05) is 6.20 Å². The van der Waals surface area contributed by atoms with Gasteiger partial charge in [0.1, 0.15) is 0 Å². The van der Waals surface area contributed by atoms with Crippen LogP contribution in [0.3, 0.4) is 0 Å². The summed E-state index contributed by atoms with van der Waals surface area (Å²) in [7, 11) is 1.65. The van der Waals surface area contributed by atoms with Gasteiger partial charge in [0.05, 0.1) is 10.7 Å². The van der Waals surface area contributed by atoms with E-state index < -0.39 is 0 Å². The molecule has 0 aliphatic rings. The average Bonchev–Trinajstić information content (AvgIpc) is 2.15. The monoisotopic (exact) mass is 291 g/mol. The molecule has 0 saturated heterocycles. The third-order valence-electron chi connectivity index (χ3n) is 1.88. The van der Waals surface area contributed by atoms with Gasteiger partial charge in [-0.15, -0.1) is 0 Å². The van der Waals surface area contributed by atoms with Crippen LogP contribution in [0.1, 0.15) is 25.3 Å². The number of aromatic nitrogens is 1. The lowest BCUT2D eigenvalue weighted by atomic mass is 10.1. The van der Waals surface area contributed by atoms with Crippen LogP contribution >= 0.6 is 22.6 Å². The zero-order valence-electron chi connectivity index (χ0n) is 8.01. The fourth-order valence-electron chi connectivity index (χ4n) is 1.13. The molecule has 0 bridgehead atoms. The maximum atomic E-state index is 5.09. The molecule has 0 amide bonds. The predicted octanol–water partition coefficient (Wildman–Crippen LogP) is 3.04. The van der Waals surface area contributed by atoms with Gasteiger partial charge in [0.2, 0.25) is 5.88 Å². The van der Waals surface area contributed by atoms with Gasteiger partial charge in [0, 0.05) is 6.20 Å². The Morgan fingerprint density at radius 2 is 2.31 bits per heavy atom. The second-order valence-electron chi connectivity index (χ2n) is 2.94.